The van der Waals surface area contributed by atoms with Crippen molar-refractivity contribution >= 4 is 28.0 Å². The van der Waals surface area contributed by atoms with E-state index in [4.69, 9.17) is 0 Å². The molecule has 0 N–H and O–H groups in total. The van der Waals surface area contributed by atoms with Crippen molar-refractivity contribution in [3.05, 3.63) is 197 Å². The molecular weight excluding hydrogens is 625 g/mol. The molecule has 0 spiro atoms. The standard InChI is InChI=1S/C29H32.C16H18.C7H8/c1-6-8-9-16-25-20-21(3)29(28-19-13-12-18-27(25)28)23(5)22(4)26-17-11-10-15-24(26)14-7-2;1-3-13(2)14-9-11-16(12-10-14)15-7-5-4-6-8-15;1-7-5-3-2-4-6-7/h6,8-13,15-20H,7,14H2,1-5H3;4-13H,3H2,1-2H3;2-6H,1H3/b8-6-,16-9-,23-22+;;. The summed E-state index contributed by atoms with van der Waals surface area (Å²) in [6, 6.07) is 49.7. The molecule has 6 aromatic carbocycles. The Kier molecular flexibility index (Phi) is 15.7. The maximum Gasteiger partial charge on any atom is -0.01000 e. The summed E-state index contributed by atoms with van der Waals surface area (Å²) in [7, 11) is 0. The van der Waals surface area contributed by atoms with Crippen LogP contribution >= 0.6 is 0 Å². The summed E-state index contributed by atoms with van der Waals surface area (Å²) >= 11 is 0. The highest BCUT2D eigenvalue weighted by Gasteiger charge is 2.14. The zero-order valence-electron chi connectivity index (χ0n) is 32.8. The first kappa shape index (κ1) is 39.6. The third kappa shape index (κ3) is 10.9. The molecular formula is C52H58. The predicted octanol–water partition coefficient (Wildman–Crippen LogP) is 15.5. The zero-order valence-corrected chi connectivity index (χ0v) is 32.8. The van der Waals surface area contributed by atoms with Crippen molar-refractivity contribution in [2.24, 2.45) is 0 Å². The molecule has 52 heavy (non-hydrogen) atoms. The van der Waals surface area contributed by atoms with Gasteiger partial charge in [-0.3, -0.25) is 0 Å². The van der Waals surface area contributed by atoms with Crippen LogP contribution < -0.4 is 0 Å². The molecule has 0 fully saturated rings. The number of benzene rings is 6. The van der Waals surface area contributed by atoms with E-state index in [1.54, 1.807) is 0 Å². The van der Waals surface area contributed by atoms with Crippen molar-refractivity contribution in [3.63, 3.8) is 0 Å². The van der Waals surface area contributed by atoms with Crippen LogP contribution in [0.3, 0.4) is 0 Å². The Morgan fingerprint density at radius 2 is 1.19 bits per heavy atom. The molecule has 0 saturated heterocycles. The van der Waals surface area contributed by atoms with Crippen LogP contribution in [0.15, 0.2) is 158 Å². The van der Waals surface area contributed by atoms with Gasteiger partial charge in [0, 0.05) is 0 Å². The minimum atomic E-state index is 0.657. The zero-order chi connectivity index (χ0) is 37.3. The predicted molar refractivity (Wildman–Crippen MR) is 233 cm³/mol. The third-order valence-electron chi connectivity index (χ3n) is 9.87. The van der Waals surface area contributed by atoms with Gasteiger partial charge in [-0.1, -0.05) is 197 Å². The Balaban J connectivity index is 0.000000217. The van der Waals surface area contributed by atoms with Gasteiger partial charge in [-0.15, -0.1) is 0 Å². The lowest BCUT2D eigenvalue weighted by atomic mass is 9.86. The van der Waals surface area contributed by atoms with Crippen molar-refractivity contribution in [2.45, 2.75) is 80.6 Å². The van der Waals surface area contributed by atoms with Crippen LogP contribution in [0.2, 0.25) is 0 Å². The fraction of sp³-hybridized carbons (Fsp3) is 0.231. The van der Waals surface area contributed by atoms with E-state index in [-0.39, 0.29) is 0 Å². The van der Waals surface area contributed by atoms with E-state index in [1.807, 2.05) is 25.1 Å². The molecule has 0 nitrogen and oxygen atoms in total. The molecule has 1 unspecified atom stereocenters. The van der Waals surface area contributed by atoms with Gasteiger partial charge < -0.3 is 0 Å². The fourth-order valence-electron chi connectivity index (χ4n) is 6.62. The van der Waals surface area contributed by atoms with Gasteiger partial charge in [-0.25, -0.2) is 0 Å². The number of aryl methyl sites for hydroxylation is 3. The Morgan fingerprint density at radius 1 is 0.615 bits per heavy atom. The highest BCUT2D eigenvalue weighted by molar-refractivity contribution is 6.04. The van der Waals surface area contributed by atoms with Gasteiger partial charge in [0.1, 0.15) is 0 Å². The number of fused-ring (bicyclic) bond motifs is 1. The fourth-order valence-corrected chi connectivity index (χ4v) is 6.62. The van der Waals surface area contributed by atoms with Gasteiger partial charge in [0.05, 0.1) is 0 Å². The summed E-state index contributed by atoms with van der Waals surface area (Å²) in [4.78, 5) is 0. The minimum absolute atomic E-state index is 0.657. The second-order valence-corrected chi connectivity index (χ2v) is 13.7. The van der Waals surface area contributed by atoms with Gasteiger partial charge in [-0.2, -0.15) is 0 Å². The first-order valence-corrected chi connectivity index (χ1v) is 19.0. The summed E-state index contributed by atoms with van der Waals surface area (Å²) in [5.74, 6) is 0.657. The molecule has 6 aromatic rings. The lowest BCUT2D eigenvalue weighted by Crippen LogP contribution is -1.97. The van der Waals surface area contributed by atoms with Crippen LogP contribution in [0.5, 0.6) is 0 Å². The van der Waals surface area contributed by atoms with Gasteiger partial charge in [0.25, 0.3) is 0 Å². The van der Waals surface area contributed by atoms with Crippen LogP contribution in [0.25, 0.3) is 39.1 Å². The Morgan fingerprint density at radius 3 is 1.79 bits per heavy atom. The van der Waals surface area contributed by atoms with Gasteiger partial charge >= 0.3 is 0 Å². The maximum atomic E-state index is 2.33. The molecule has 0 heterocycles. The second kappa shape index (κ2) is 20.6. The molecule has 0 aliphatic heterocycles. The quantitative estimate of drug-likeness (QED) is 0.105. The normalized spacial score (nSPS) is 12.2. The van der Waals surface area contributed by atoms with Gasteiger partial charge in [-0.05, 0) is 120 Å². The van der Waals surface area contributed by atoms with Crippen LogP contribution in [-0.4, -0.2) is 0 Å². The Bertz CT molecular complexity index is 2060. The van der Waals surface area contributed by atoms with Crippen molar-refractivity contribution in [1.29, 1.82) is 0 Å². The number of hydrogen-bond acceptors (Lipinski definition) is 0. The lowest BCUT2D eigenvalue weighted by molar-refractivity contribution is 0.734. The molecule has 0 amide bonds. The van der Waals surface area contributed by atoms with E-state index in [0.29, 0.717) is 5.92 Å². The number of hydrogen-bond donors (Lipinski definition) is 0. The Hall–Kier alpha value is -5.20. The average molecular weight is 683 g/mol. The molecule has 0 heteroatoms. The minimum Gasteiger partial charge on any atom is -0.0877 e. The van der Waals surface area contributed by atoms with E-state index in [2.05, 4.69) is 194 Å². The molecule has 0 saturated carbocycles. The van der Waals surface area contributed by atoms with E-state index in [1.165, 1.54) is 84.8 Å². The number of rotatable bonds is 9. The van der Waals surface area contributed by atoms with E-state index >= 15 is 0 Å². The summed E-state index contributed by atoms with van der Waals surface area (Å²) < 4.78 is 0. The van der Waals surface area contributed by atoms with Crippen molar-refractivity contribution in [2.75, 3.05) is 0 Å². The van der Waals surface area contributed by atoms with E-state index in [0.717, 1.165) is 6.42 Å². The van der Waals surface area contributed by atoms with Crippen molar-refractivity contribution in [1.82, 2.24) is 0 Å². The van der Waals surface area contributed by atoms with E-state index in [9.17, 15) is 0 Å². The van der Waals surface area contributed by atoms with Gasteiger partial charge in [0.15, 0.2) is 0 Å². The second-order valence-electron chi connectivity index (χ2n) is 13.7. The van der Waals surface area contributed by atoms with Crippen LogP contribution in [0, 0.1) is 13.8 Å². The first-order chi connectivity index (χ1) is 25.3. The Labute approximate surface area is 315 Å². The molecule has 0 aromatic heterocycles. The van der Waals surface area contributed by atoms with E-state index < -0.39 is 0 Å². The largest absolute Gasteiger partial charge is 0.0877 e. The monoisotopic (exact) mass is 682 g/mol. The summed E-state index contributed by atoms with van der Waals surface area (Å²) in [6.45, 7) is 17.7. The molecule has 266 valence electrons. The first-order valence-electron chi connectivity index (χ1n) is 19.0. The highest BCUT2D eigenvalue weighted by Crippen LogP contribution is 2.36. The van der Waals surface area contributed by atoms with Crippen LogP contribution in [0.1, 0.15) is 99.2 Å². The van der Waals surface area contributed by atoms with Crippen LogP contribution in [-0.2, 0) is 6.42 Å². The molecule has 0 radical (unpaired) electrons. The molecule has 0 aliphatic rings. The molecule has 0 bridgehead atoms. The van der Waals surface area contributed by atoms with Crippen molar-refractivity contribution < 1.29 is 0 Å². The number of allylic oxidation sites excluding steroid dienone is 5. The third-order valence-corrected chi connectivity index (χ3v) is 9.87. The maximum absolute atomic E-state index is 2.33. The lowest BCUT2D eigenvalue weighted by Gasteiger charge is -2.18. The topological polar surface area (TPSA) is 0 Å². The summed E-state index contributed by atoms with van der Waals surface area (Å²) in [5.41, 5.74) is 14.9. The summed E-state index contributed by atoms with van der Waals surface area (Å²) in [5, 5.41) is 2.64. The smallest absolute Gasteiger partial charge is 0.01000 e. The average Bonchev–Trinajstić information content (AvgIpc) is 3.19. The molecule has 6 rings (SSSR count). The molecule has 0 aliphatic carbocycles. The SMILES string of the molecule is C/C=C\C=C/c1cc(C)c(/C(C)=C(\C)c2ccccc2CCC)c2ccccc12.CCC(C)c1ccc(-c2ccccc2)cc1.Cc1ccccc1. The molecule has 1 atom stereocenters. The van der Waals surface area contributed by atoms with Gasteiger partial charge in [0.2, 0.25) is 0 Å². The van der Waals surface area contributed by atoms with Crippen LogP contribution in [0.4, 0.5) is 0 Å². The summed E-state index contributed by atoms with van der Waals surface area (Å²) in [6.07, 6.45) is 12.0. The highest BCUT2D eigenvalue weighted by atomic mass is 14.2. The van der Waals surface area contributed by atoms with Crippen molar-refractivity contribution in [3.8, 4) is 11.1 Å².